The molecule has 2 aromatic heterocycles. The molecule has 7 heteroatoms. The second kappa shape index (κ2) is 9.43. The lowest BCUT2D eigenvalue weighted by atomic mass is 10.0. The second-order valence-electron chi connectivity index (χ2n) is 7.66. The van der Waals surface area contributed by atoms with Gasteiger partial charge in [-0.1, -0.05) is 26.0 Å². The average Bonchev–Trinajstić information content (AvgIpc) is 3.24. The minimum absolute atomic E-state index is 0.199. The fourth-order valence-electron chi connectivity index (χ4n) is 3.34. The molecule has 0 aliphatic rings. The zero-order valence-corrected chi connectivity index (χ0v) is 17.8. The van der Waals surface area contributed by atoms with E-state index in [2.05, 4.69) is 9.97 Å². The van der Waals surface area contributed by atoms with Gasteiger partial charge in [-0.05, 0) is 42.7 Å². The van der Waals surface area contributed by atoms with Gasteiger partial charge in [-0.25, -0.2) is 4.98 Å². The van der Waals surface area contributed by atoms with Gasteiger partial charge >= 0.3 is 0 Å². The van der Waals surface area contributed by atoms with Crippen LogP contribution in [-0.4, -0.2) is 34.4 Å². The first-order valence-corrected chi connectivity index (χ1v) is 9.91. The van der Waals surface area contributed by atoms with E-state index in [9.17, 15) is 9.59 Å². The molecule has 30 heavy (non-hydrogen) atoms. The molecule has 0 spiro atoms. The first-order chi connectivity index (χ1) is 14.4. The van der Waals surface area contributed by atoms with Gasteiger partial charge in [0, 0.05) is 24.2 Å². The number of carbonyl (C=O) groups excluding carboxylic acids is 1. The Morgan fingerprint density at radius 1 is 1.27 bits per heavy atom. The van der Waals surface area contributed by atoms with Gasteiger partial charge in [0.05, 0.1) is 19.9 Å². The highest BCUT2D eigenvalue weighted by atomic mass is 16.5. The summed E-state index contributed by atoms with van der Waals surface area (Å²) in [4.78, 5) is 34.6. The van der Waals surface area contributed by atoms with E-state index in [1.807, 2.05) is 45.0 Å². The van der Waals surface area contributed by atoms with Crippen LogP contribution in [0.2, 0.25) is 0 Å². The number of amides is 1. The molecule has 1 amide bonds. The first-order valence-electron chi connectivity index (χ1n) is 9.91. The number of rotatable bonds is 8. The highest BCUT2D eigenvalue weighted by Gasteiger charge is 2.21. The third-order valence-corrected chi connectivity index (χ3v) is 4.73. The molecule has 3 rings (SSSR count). The summed E-state index contributed by atoms with van der Waals surface area (Å²) in [5, 5.41) is 0. The molecule has 0 aliphatic carbocycles. The zero-order chi connectivity index (χ0) is 21.7. The van der Waals surface area contributed by atoms with Gasteiger partial charge in [-0.2, -0.15) is 0 Å². The third kappa shape index (κ3) is 5.17. The lowest BCUT2D eigenvalue weighted by Crippen LogP contribution is -2.35. The van der Waals surface area contributed by atoms with Crippen molar-refractivity contribution >= 4 is 5.91 Å². The van der Waals surface area contributed by atoms with Gasteiger partial charge in [0.1, 0.15) is 11.6 Å². The van der Waals surface area contributed by atoms with E-state index >= 15 is 0 Å². The largest absolute Gasteiger partial charge is 0.497 e. The van der Waals surface area contributed by atoms with Crippen LogP contribution in [0.5, 0.6) is 5.75 Å². The van der Waals surface area contributed by atoms with Crippen molar-refractivity contribution in [2.75, 3.05) is 13.7 Å². The minimum Gasteiger partial charge on any atom is -0.497 e. The van der Waals surface area contributed by atoms with Crippen molar-refractivity contribution in [3.63, 3.8) is 0 Å². The van der Waals surface area contributed by atoms with Crippen molar-refractivity contribution in [2.24, 2.45) is 5.92 Å². The Morgan fingerprint density at radius 3 is 2.70 bits per heavy atom. The first kappa shape index (κ1) is 21.4. The van der Waals surface area contributed by atoms with E-state index in [0.29, 0.717) is 30.0 Å². The molecule has 0 unspecified atom stereocenters. The Labute approximate surface area is 175 Å². The number of H-pyrrole nitrogens is 1. The molecule has 0 fully saturated rings. The number of nitrogens with zero attached hydrogens (tertiary/aromatic N) is 2. The van der Waals surface area contributed by atoms with Crippen LogP contribution in [0.4, 0.5) is 0 Å². The molecule has 0 bridgehead atoms. The molecule has 0 atom stereocenters. The third-order valence-electron chi connectivity index (χ3n) is 4.73. The van der Waals surface area contributed by atoms with Crippen molar-refractivity contribution < 1.29 is 13.9 Å². The standard InChI is InChI=1S/C23H27N3O4/c1-15(2)13-26(23(28)20-9-6-10-30-20)14-21-24-16(3)19(22(27)25-21)12-17-7-5-8-18(11-17)29-4/h5-11,15H,12-14H2,1-4H3,(H,24,25,27). The molecule has 0 saturated heterocycles. The molecule has 158 valence electrons. The Balaban J connectivity index is 1.83. The van der Waals surface area contributed by atoms with Crippen LogP contribution in [0.15, 0.2) is 51.9 Å². The number of furan rings is 1. The highest BCUT2D eigenvalue weighted by molar-refractivity contribution is 5.91. The number of aryl methyl sites for hydroxylation is 1. The van der Waals surface area contributed by atoms with Gasteiger partial charge in [0.15, 0.2) is 5.76 Å². The molecule has 0 aliphatic heterocycles. The predicted octanol–water partition coefficient (Wildman–Crippen LogP) is 3.57. The fraction of sp³-hybridized carbons (Fsp3) is 0.348. The molecule has 2 heterocycles. The Morgan fingerprint density at radius 2 is 2.07 bits per heavy atom. The Kier molecular flexibility index (Phi) is 6.72. The Hall–Kier alpha value is -3.35. The smallest absolute Gasteiger partial charge is 0.289 e. The molecule has 7 nitrogen and oxygen atoms in total. The van der Waals surface area contributed by atoms with E-state index < -0.39 is 0 Å². The van der Waals surface area contributed by atoms with Crippen molar-refractivity contribution in [1.29, 1.82) is 0 Å². The van der Waals surface area contributed by atoms with E-state index in [-0.39, 0.29) is 29.7 Å². The van der Waals surface area contributed by atoms with E-state index in [4.69, 9.17) is 9.15 Å². The zero-order valence-electron chi connectivity index (χ0n) is 17.8. The van der Waals surface area contributed by atoms with E-state index in [1.165, 1.54) is 6.26 Å². The summed E-state index contributed by atoms with van der Waals surface area (Å²) in [6.07, 6.45) is 1.92. The van der Waals surface area contributed by atoms with Crippen LogP contribution in [0, 0.1) is 12.8 Å². The summed E-state index contributed by atoms with van der Waals surface area (Å²) < 4.78 is 10.5. The number of aromatic nitrogens is 2. The topological polar surface area (TPSA) is 88.4 Å². The SMILES string of the molecule is COc1cccc(Cc2c(C)nc(CN(CC(C)C)C(=O)c3ccco3)[nH]c2=O)c1. The van der Waals surface area contributed by atoms with Crippen molar-refractivity contribution in [1.82, 2.24) is 14.9 Å². The monoisotopic (exact) mass is 409 g/mol. The summed E-state index contributed by atoms with van der Waals surface area (Å²) in [5.41, 5.74) is 2.01. The minimum atomic E-state index is -0.227. The summed E-state index contributed by atoms with van der Waals surface area (Å²) in [6, 6.07) is 10.9. The van der Waals surface area contributed by atoms with Crippen molar-refractivity contribution in [3.05, 3.63) is 81.4 Å². The highest BCUT2D eigenvalue weighted by Crippen LogP contribution is 2.16. The van der Waals surface area contributed by atoms with Crippen molar-refractivity contribution in [3.8, 4) is 5.75 Å². The maximum atomic E-state index is 12.8. The Bertz CT molecular complexity index is 1050. The van der Waals surface area contributed by atoms with E-state index in [0.717, 1.165) is 11.3 Å². The number of hydrogen-bond acceptors (Lipinski definition) is 5. The second-order valence-corrected chi connectivity index (χ2v) is 7.66. The van der Waals surface area contributed by atoms with Gasteiger partial charge in [0.2, 0.25) is 0 Å². The number of hydrogen-bond donors (Lipinski definition) is 1. The van der Waals surface area contributed by atoms with Crippen LogP contribution in [-0.2, 0) is 13.0 Å². The number of benzene rings is 1. The average molecular weight is 409 g/mol. The summed E-state index contributed by atoms with van der Waals surface area (Å²) in [6.45, 7) is 6.60. The van der Waals surface area contributed by atoms with Gasteiger partial charge < -0.3 is 19.0 Å². The lowest BCUT2D eigenvalue weighted by Gasteiger charge is -2.23. The van der Waals surface area contributed by atoms with Crippen LogP contribution in [0.1, 0.15) is 47.0 Å². The summed E-state index contributed by atoms with van der Waals surface area (Å²) in [5.74, 6) is 1.49. The number of methoxy groups -OCH3 is 1. The quantitative estimate of drug-likeness (QED) is 0.614. The molecular formula is C23H27N3O4. The normalized spacial score (nSPS) is 11.0. The maximum Gasteiger partial charge on any atom is 0.289 e. The number of aromatic amines is 1. The van der Waals surface area contributed by atoms with Crippen LogP contribution >= 0.6 is 0 Å². The molecule has 0 saturated carbocycles. The fourth-order valence-corrected chi connectivity index (χ4v) is 3.34. The molecule has 0 radical (unpaired) electrons. The molecule has 3 aromatic rings. The van der Waals surface area contributed by atoms with Gasteiger partial charge in [0.25, 0.3) is 11.5 Å². The van der Waals surface area contributed by atoms with Crippen LogP contribution in [0.3, 0.4) is 0 Å². The number of ether oxygens (including phenoxy) is 1. The molecule has 1 aromatic carbocycles. The van der Waals surface area contributed by atoms with Crippen LogP contribution in [0.25, 0.3) is 0 Å². The summed E-state index contributed by atoms with van der Waals surface area (Å²) >= 11 is 0. The van der Waals surface area contributed by atoms with Crippen LogP contribution < -0.4 is 10.3 Å². The molecular weight excluding hydrogens is 382 g/mol. The van der Waals surface area contributed by atoms with Gasteiger partial charge in [-0.3, -0.25) is 9.59 Å². The predicted molar refractivity (Wildman–Crippen MR) is 114 cm³/mol. The lowest BCUT2D eigenvalue weighted by molar-refractivity contribution is 0.0685. The maximum absolute atomic E-state index is 12.8. The number of carbonyl (C=O) groups is 1. The van der Waals surface area contributed by atoms with Gasteiger partial charge in [-0.15, -0.1) is 0 Å². The molecule has 1 N–H and O–H groups in total. The van der Waals surface area contributed by atoms with Crippen molar-refractivity contribution in [2.45, 2.75) is 33.7 Å². The summed E-state index contributed by atoms with van der Waals surface area (Å²) in [7, 11) is 1.61. The van der Waals surface area contributed by atoms with E-state index in [1.54, 1.807) is 24.1 Å². The number of nitrogens with one attached hydrogen (secondary N) is 1.